The van der Waals surface area contributed by atoms with Crippen LogP contribution in [0.3, 0.4) is 0 Å². The molecule has 1 aliphatic carbocycles. The summed E-state index contributed by atoms with van der Waals surface area (Å²) in [7, 11) is 0. The average Bonchev–Trinajstić information content (AvgIpc) is 3.01. The molecule has 1 atom stereocenters. The molecule has 0 spiro atoms. The number of nitrogens with zero attached hydrogens (tertiary/aromatic N) is 2. The van der Waals surface area contributed by atoms with Gasteiger partial charge in [0.1, 0.15) is 16.8 Å². The molecule has 1 N–H and O–H groups in total. The predicted octanol–water partition coefficient (Wildman–Crippen LogP) is 5.75. The monoisotopic (exact) mass is 474 g/mol. The number of thiophene rings is 1. The van der Waals surface area contributed by atoms with Crippen molar-refractivity contribution in [3.05, 3.63) is 44.2 Å². The van der Waals surface area contributed by atoms with E-state index < -0.39 is 12.6 Å². The highest BCUT2D eigenvalue weighted by Crippen LogP contribution is 2.44. The molecule has 1 aliphatic rings. The third-order valence-corrected chi connectivity index (χ3v) is 7.00. The number of carboxylic acids is 1. The van der Waals surface area contributed by atoms with E-state index in [4.69, 9.17) is 9.84 Å². The van der Waals surface area contributed by atoms with Crippen molar-refractivity contribution in [1.29, 1.82) is 5.26 Å². The minimum Gasteiger partial charge on any atom is -0.481 e. The Morgan fingerprint density at radius 1 is 1.48 bits per heavy atom. The molecule has 1 aromatic carbocycles. The second-order valence-corrected chi connectivity index (χ2v) is 10.2. The number of rotatable bonds is 5. The van der Waals surface area contributed by atoms with Crippen LogP contribution >= 0.6 is 27.3 Å². The van der Waals surface area contributed by atoms with Crippen molar-refractivity contribution in [1.82, 2.24) is 0 Å². The van der Waals surface area contributed by atoms with E-state index in [0.29, 0.717) is 21.7 Å². The van der Waals surface area contributed by atoms with Gasteiger partial charge in [-0.3, -0.25) is 0 Å². The van der Waals surface area contributed by atoms with E-state index in [1.807, 2.05) is 6.07 Å². The molecule has 0 bridgehead atoms. The standard InChI is InChI=1S/C22H23BrN2O3S/c1-22(2,3)14-5-6-15-16(10-24)21(29-19(15)9-14)25-11-13-4-7-18(17(23)8-13)28-12-20(26)27/h4,7-8,11,14H,5-6,9,12H2,1-3H3,(H,26,27)/t14-/m0/s1. The maximum atomic E-state index is 10.6. The molecule has 3 rings (SSSR count). The zero-order valence-electron chi connectivity index (χ0n) is 16.7. The van der Waals surface area contributed by atoms with Crippen LogP contribution in [0.1, 0.15) is 48.8 Å². The van der Waals surface area contributed by atoms with Crippen LogP contribution in [0.4, 0.5) is 5.00 Å². The molecule has 29 heavy (non-hydrogen) atoms. The van der Waals surface area contributed by atoms with Crippen molar-refractivity contribution in [2.45, 2.75) is 40.0 Å². The number of benzene rings is 1. The Hall–Kier alpha value is -2.17. The van der Waals surface area contributed by atoms with Crippen LogP contribution in [0.25, 0.3) is 0 Å². The highest BCUT2D eigenvalue weighted by atomic mass is 79.9. The van der Waals surface area contributed by atoms with Gasteiger partial charge in [0, 0.05) is 11.1 Å². The van der Waals surface area contributed by atoms with Crippen molar-refractivity contribution >= 4 is 44.5 Å². The number of carbonyl (C=O) groups is 1. The van der Waals surface area contributed by atoms with Gasteiger partial charge in [0.2, 0.25) is 0 Å². The Kier molecular flexibility index (Phi) is 6.45. The molecule has 1 heterocycles. The normalized spacial score (nSPS) is 16.4. The highest BCUT2D eigenvalue weighted by molar-refractivity contribution is 9.10. The molecule has 0 amide bonds. The molecule has 7 heteroatoms. The summed E-state index contributed by atoms with van der Waals surface area (Å²) in [5.41, 5.74) is 2.97. The number of halogens is 1. The lowest BCUT2D eigenvalue weighted by atomic mass is 9.72. The summed E-state index contributed by atoms with van der Waals surface area (Å²) in [5, 5.41) is 19.2. The van der Waals surface area contributed by atoms with Crippen molar-refractivity contribution in [2.24, 2.45) is 16.3 Å². The van der Waals surface area contributed by atoms with E-state index in [2.05, 4.69) is 47.8 Å². The Bertz CT molecular complexity index is 999. The van der Waals surface area contributed by atoms with Crippen molar-refractivity contribution in [3.8, 4) is 11.8 Å². The van der Waals surface area contributed by atoms with Crippen LogP contribution in [0.5, 0.6) is 5.75 Å². The minimum atomic E-state index is -1.03. The van der Waals surface area contributed by atoms with Gasteiger partial charge in [0.15, 0.2) is 6.61 Å². The van der Waals surface area contributed by atoms with Crippen LogP contribution in [0.15, 0.2) is 27.7 Å². The first-order valence-corrected chi connectivity index (χ1v) is 11.0. The molecule has 2 aromatic rings. The molecule has 0 unspecified atom stereocenters. The average molecular weight is 475 g/mol. The van der Waals surface area contributed by atoms with Crippen LogP contribution in [0.2, 0.25) is 0 Å². The van der Waals surface area contributed by atoms with E-state index in [1.165, 1.54) is 10.4 Å². The number of carboxylic acid groups (broad SMARTS) is 1. The topological polar surface area (TPSA) is 82.7 Å². The first-order valence-electron chi connectivity index (χ1n) is 9.42. The Balaban J connectivity index is 1.81. The summed E-state index contributed by atoms with van der Waals surface area (Å²) in [5.74, 6) is 0.0512. The molecule has 0 saturated heterocycles. The van der Waals surface area contributed by atoms with E-state index >= 15 is 0 Å². The number of hydrogen-bond donors (Lipinski definition) is 1. The van der Waals surface area contributed by atoms with Crippen LogP contribution in [0, 0.1) is 22.7 Å². The molecule has 5 nitrogen and oxygen atoms in total. The molecule has 152 valence electrons. The van der Waals surface area contributed by atoms with Gasteiger partial charge in [0.25, 0.3) is 0 Å². The Labute approximate surface area is 183 Å². The SMILES string of the molecule is CC(C)(C)[C@H]1CCc2c(sc(N=Cc3ccc(OCC(=O)O)c(Br)c3)c2C#N)C1. The summed E-state index contributed by atoms with van der Waals surface area (Å²) >= 11 is 5.02. The smallest absolute Gasteiger partial charge is 0.341 e. The maximum Gasteiger partial charge on any atom is 0.341 e. The first kappa shape index (κ1) is 21.5. The maximum absolute atomic E-state index is 10.6. The number of fused-ring (bicyclic) bond motifs is 1. The highest BCUT2D eigenvalue weighted by Gasteiger charge is 2.32. The van der Waals surface area contributed by atoms with Gasteiger partial charge in [-0.25, -0.2) is 9.79 Å². The van der Waals surface area contributed by atoms with Gasteiger partial charge < -0.3 is 9.84 Å². The van der Waals surface area contributed by atoms with Crippen molar-refractivity contribution in [2.75, 3.05) is 6.61 Å². The minimum absolute atomic E-state index is 0.259. The molecule has 0 saturated carbocycles. The zero-order valence-corrected chi connectivity index (χ0v) is 19.1. The van der Waals surface area contributed by atoms with Gasteiger partial charge >= 0.3 is 5.97 Å². The van der Waals surface area contributed by atoms with Gasteiger partial charge in [-0.1, -0.05) is 20.8 Å². The lowest BCUT2D eigenvalue weighted by Gasteiger charge is -2.33. The summed E-state index contributed by atoms with van der Waals surface area (Å²) in [6, 6.07) is 7.68. The number of aliphatic carboxylic acids is 1. The molecule has 1 aromatic heterocycles. The molecule has 0 radical (unpaired) electrons. The van der Waals surface area contributed by atoms with Gasteiger partial charge in [-0.05, 0) is 75.9 Å². The summed E-state index contributed by atoms with van der Waals surface area (Å²) in [6.07, 6.45) is 4.78. The third kappa shape index (κ3) is 5.06. The molecular formula is C22H23BrN2O3S. The fourth-order valence-electron chi connectivity index (χ4n) is 3.50. The number of hydrogen-bond acceptors (Lipinski definition) is 5. The molecule has 0 aliphatic heterocycles. The first-order chi connectivity index (χ1) is 13.7. The molecule has 0 fully saturated rings. The van der Waals surface area contributed by atoms with E-state index in [1.54, 1.807) is 29.7 Å². The Morgan fingerprint density at radius 3 is 2.86 bits per heavy atom. The molecular weight excluding hydrogens is 452 g/mol. The predicted molar refractivity (Wildman–Crippen MR) is 119 cm³/mol. The number of nitriles is 1. The van der Waals surface area contributed by atoms with Gasteiger partial charge in [-0.2, -0.15) is 5.26 Å². The zero-order chi connectivity index (χ0) is 21.2. The van der Waals surface area contributed by atoms with E-state index in [-0.39, 0.29) is 5.41 Å². The third-order valence-electron chi connectivity index (χ3n) is 5.22. The second kappa shape index (κ2) is 8.68. The summed E-state index contributed by atoms with van der Waals surface area (Å²) in [4.78, 5) is 16.5. The largest absolute Gasteiger partial charge is 0.481 e. The fourth-order valence-corrected chi connectivity index (χ4v) is 5.24. The summed E-state index contributed by atoms with van der Waals surface area (Å²) in [6.45, 7) is 6.45. The van der Waals surface area contributed by atoms with Crippen molar-refractivity contribution < 1.29 is 14.6 Å². The second-order valence-electron chi connectivity index (χ2n) is 8.23. The van der Waals surface area contributed by atoms with Crippen molar-refractivity contribution in [3.63, 3.8) is 0 Å². The Morgan fingerprint density at radius 2 is 2.24 bits per heavy atom. The van der Waals surface area contributed by atoms with Gasteiger partial charge in [-0.15, -0.1) is 11.3 Å². The lowest BCUT2D eigenvalue weighted by Crippen LogP contribution is -2.26. The number of ether oxygens (including phenoxy) is 1. The number of aliphatic imine (C=N–C) groups is 1. The fraction of sp³-hybridized carbons (Fsp3) is 0.409. The quantitative estimate of drug-likeness (QED) is 0.559. The van der Waals surface area contributed by atoms with Crippen LogP contribution < -0.4 is 4.74 Å². The van der Waals surface area contributed by atoms with Crippen LogP contribution in [-0.4, -0.2) is 23.9 Å². The van der Waals surface area contributed by atoms with E-state index in [0.717, 1.165) is 29.8 Å². The van der Waals surface area contributed by atoms with Gasteiger partial charge in [0.05, 0.1) is 10.0 Å². The lowest BCUT2D eigenvalue weighted by molar-refractivity contribution is -0.139. The van der Waals surface area contributed by atoms with Crippen LogP contribution in [-0.2, 0) is 17.6 Å². The summed E-state index contributed by atoms with van der Waals surface area (Å²) < 4.78 is 5.87. The van der Waals surface area contributed by atoms with E-state index in [9.17, 15) is 10.1 Å².